The maximum absolute atomic E-state index is 13.3. The Bertz CT molecular complexity index is 1250. The number of unbranched alkanes of at least 4 members (excludes halogenated alkanes) is 3. The number of fused-ring (bicyclic) bond motifs is 2. The van der Waals surface area contributed by atoms with Crippen molar-refractivity contribution in [3.63, 3.8) is 0 Å². The highest BCUT2D eigenvalue weighted by Crippen LogP contribution is 2.31. The quantitative estimate of drug-likeness (QED) is 0.205. The molecule has 12 heteroatoms. The fourth-order valence-electron chi connectivity index (χ4n) is 4.94. The summed E-state index contributed by atoms with van der Waals surface area (Å²) in [5, 5.41) is 12.4. The van der Waals surface area contributed by atoms with Crippen LogP contribution >= 0.6 is 12.4 Å². The number of nitrogens with zero attached hydrogens (tertiary/aromatic N) is 2. The zero-order valence-electron chi connectivity index (χ0n) is 22.7. The molecule has 0 aliphatic carbocycles. The Morgan fingerprint density at radius 2 is 1.61 bits per heavy atom. The van der Waals surface area contributed by atoms with Gasteiger partial charge in [0.05, 0.1) is 23.4 Å². The minimum atomic E-state index is -1.17. The number of carbonyl (C=O) groups excluding carboxylic acids is 4. The second-order valence-electron chi connectivity index (χ2n) is 9.63. The van der Waals surface area contributed by atoms with E-state index in [1.54, 1.807) is 55.5 Å². The average Bonchev–Trinajstić information content (AvgIpc) is 3.11. The van der Waals surface area contributed by atoms with E-state index in [2.05, 4.69) is 5.32 Å². The molecule has 41 heavy (non-hydrogen) atoms. The molecule has 2 aliphatic heterocycles. The van der Waals surface area contributed by atoms with Crippen LogP contribution < -0.4 is 15.0 Å². The fraction of sp³-hybridized carbons (Fsp3) is 0.414. The molecule has 0 spiro atoms. The number of hydrogen-bond acceptors (Lipinski definition) is 8. The number of imide groups is 1. The molecule has 2 aliphatic rings. The summed E-state index contributed by atoms with van der Waals surface area (Å²) in [5.74, 6) is -2.36. The second kappa shape index (κ2) is 14.6. The van der Waals surface area contributed by atoms with E-state index in [9.17, 15) is 29.1 Å². The van der Waals surface area contributed by atoms with E-state index in [-0.39, 0.29) is 37.4 Å². The SMILES string of the molecule is CCOC(=O)[C@@H](CCCCCCN1C(=O)c2ccccc2C1=O)N[C@H]1COc2ccccc2N(CC(=O)O)C1=O.Cl. The Kier molecular flexibility index (Phi) is 11.2. The van der Waals surface area contributed by atoms with Crippen molar-refractivity contribution in [1.29, 1.82) is 0 Å². The molecule has 0 bridgehead atoms. The van der Waals surface area contributed by atoms with Crippen LogP contribution in [0.5, 0.6) is 5.75 Å². The normalized spacial score (nSPS) is 16.7. The number of carboxylic acids is 1. The number of halogens is 1. The second-order valence-corrected chi connectivity index (χ2v) is 9.63. The zero-order chi connectivity index (χ0) is 28.6. The minimum absolute atomic E-state index is 0. The van der Waals surface area contributed by atoms with Crippen molar-refractivity contribution in [2.45, 2.75) is 51.1 Å². The fourth-order valence-corrected chi connectivity index (χ4v) is 4.94. The molecular formula is C29H34ClN3O8. The first-order valence-corrected chi connectivity index (χ1v) is 13.4. The van der Waals surface area contributed by atoms with Crippen LogP contribution in [-0.4, -0.2) is 78.1 Å². The highest BCUT2D eigenvalue weighted by molar-refractivity contribution is 6.21. The number of aliphatic carboxylic acids is 1. The van der Waals surface area contributed by atoms with E-state index in [4.69, 9.17) is 9.47 Å². The van der Waals surface area contributed by atoms with Gasteiger partial charge in [0.1, 0.15) is 31.0 Å². The first-order valence-electron chi connectivity index (χ1n) is 13.4. The van der Waals surface area contributed by atoms with Crippen LogP contribution in [-0.2, 0) is 19.1 Å². The third kappa shape index (κ3) is 7.42. The molecule has 0 saturated heterocycles. The van der Waals surface area contributed by atoms with Crippen LogP contribution in [0.4, 0.5) is 5.69 Å². The van der Waals surface area contributed by atoms with Gasteiger partial charge in [-0.1, -0.05) is 43.5 Å². The molecule has 2 atom stereocenters. The van der Waals surface area contributed by atoms with Gasteiger partial charge in [0, 0.05) is 6.54 Å². The Morgan fingerprint density at radius 1 is 0.976 bits per heavy atom. The first kappa shape index (κ1) is 31.6. The summed E-state index contributed by atoms with van der Waals surface area (Å²) in [5.41, 5.74) is 1.21. The minimum Gasteiger partial charge on any atom is -0.489 e. The average molecular weight is 588 g/mol. The van der Waals surface area contributed by atoms with E-state index in [1.807, 2.05) is 0 Å². The zero-order valence-corrected chi connectivity index (χ0v) is 23.6. The molecule has 2 aromatic rings. The molecule has 0 saturated carbocycles. The summed E-state index contributed by atoms with van der Waals surface area (Å²) in [6, 6.07) is 11.7. The summed E-state index contributed by atoms with van der Waals surface area (Å²) < 4.78 is 11.0. The number of hydrogen-bond donors (Lipinski definition) is 2. The predicted molar refractivity (Wildman–Crippen MR) is 151 cm³/mol. The van der Waals surface area contributed by atoms with Gasteiger partial charge in [-0.2, -0.15) is 0 Å². The molecule has 0 radical (unpaired) electrons. The van der Waals surface area contributed by atoms with Crippen LogP contribution in [0, 0.1) is 0 Å². The molecule has 11 nitrogen and oxygen atoms in total. The number of nitrogens with one attached hydrogen (secondary N) is 1. The van der Waals surface area contributed by atoms with Gasteiger partial charge in [-0.15, -0.1) is 12.4 Å². The lowest BCUT2D eigenvalue weighted by molar-refractivity contribution is -0.146. The van der Waals surface area contributed by atoms with Crippen LogP contribution in [0.15, 0.2) is 48.5 Å². The molecule has 0 fully saturated rings. The van der Waals surface area contributed by atoms with E-state index in [1.165, 1.54) is 4.90 Å². The molecule has 4 rings (SSSR count). The first-order chi connectivity index (χ1) is 19.3. The molecule has 2 N–H and O–H groups in total. The van der Waals surface area contributed by atoms with Gasteiger partial charge >= 0.3 is 11.9 Å². The van der Waals surface area contributed by atoms with Crippen molar-refractivity contribution in [2.24, 2.45) is 0 Å². The van der Waals surface area contributed by atoms with Crippen molar-refractivity contribution >= 4 is 47.8 Å². The number of para-hydroxylation sites is 2. The number of benzene rings is 2. The number of amides is 3. The number of carbonyl (C=O) groups is 5. The van der Waals surface area contributed by atoms with Crippen LogP contribution in [0.2, 0.25) is 0 Å². The molecule has 0 aromatic heterocycles. The lowest BCUT2D eigenvalue weighted by atomic mass is 10.1. The predicted octanol–water partition coefficient (Wildman–Crippen LogP) is 3.06. The van der Waals surface area contributed by atoms with Crippen molar-refractivity contribution in [1.82, 2.24) is 10.2 Å². The van der Waals surface area contributed by atoms with Crippen molar-refractivity contribution in [2.75, 3.05) is 31.2 Å². The third-order valence-corrected chi connectivity index (χ3v) is 6.90. The number of ether oxygens (including phenoxy) is 2. The molecule has 0 unspecified atom stereocenters. The number of esters is 1. The molecular weight excluding hydrogens is 554 g/mol. The van der Waals surface area contributed by atoms with E-state index >= 15 is 0 Å². The summed E-state index contributed by atoms with van der Waals surface area (Å²) in [6.07, 6.45) is 3.09. The van der Waals surface area contributed by atoms with Gasteiger partial charge in [0.15, 0.2) is 0 Å². The molecule has 2 aromatic carbocycles. The van der Waals surface area contributed by atoms with Crippen molar-refractivity contribution < 1.29 is 38.6 Å². The lowest BCUT2D eigenvalue weighted by Gasteiger charge is -2.26. The van der Waals surface area contributed by atoms with Gasteiger partial charge < -0.3 is 14.6 Å². The lowest BCUT2D eigenvalue weighted by Crippen LogP contribution is -2.54. The van der Waals surface area contributed by atoms with Gasteiger partial charge in [0.2, 0.25) is 5.91 Å². The van der Waals surface area contributed by atoms with Crippen LogP contribution in [0.1, 0.15) is 59.7 Å². The molecule has 3 amide bonds. The maximum Gasteiger partial charge on any atom is 0.323 e. The smallest absolute Gasteiger partial charge is 0.323 e. The third-order valence-electron chi connectivity index (χ3n) is 6.90. The molecule has 2 heterocycles. The highest BCUT2D eigenvalue weighted by atomic mass is 35.5. The number of anilines is 1. The Hall–Kier alpha value is -3.96. The van der Waals surface area contributed by atoms with E-state index < -0.39 is 36.5 Å². The van der Waals surface area contributed by atoms with Gasteiger partial charge in [-0.05, 0) is 44.0 Å². The van der Waals surface area contributed by atoms with Crippen molar-refractivity contribution in [3.05, 3.63) is 59.7 Å². The standard InChI is InChI=1S/C29H33N3O8.ClH/c1-2-39-29(38)21(13-5-3-4-10-16-31-26(35)19-11-6-7-12-20(19)27(31)36)30-22-18-40-24-15-9-8-14-23(24)32(28(22)37)17-25(33)34;/h6-9,11-12,14-15,21-22,30H,2-5,10,13,16-18H2,1H3,(H,33,34);1H/t21-,22+;/m1./s1. The van der Waals surface area contributed by atoms with Crippen molar-refractivity contribution in [3.8, 4) is 5.75 Å². The number of carboxylic acid groups (broad SMARTS) is 1. The largest absolute Gasteiger partial charge is 0.489 e. The van der Waals surface area contributed by atoms with Crippen LogP contribution in [0.3, 0.4) is 0 Å². The maximum atomic E-state index is 13.3. The van der Waals surface area contributed by atoms with Gasteiger partial charge in [-0.3, -0.25) is 39.1 Å². The Balaban J connectivity index is 0.00000462. The van der Waals surface area contributed by atoms with Gasteiger partial charge in [-0.25, -0.2) is 0 Å². The summed E-state index contributed by atoms with van der Waals surface area (Å²) in [6.45, 7) is 1.55. The Morgan fingerprint density at radius 3 is 2.27 bits per heavy atom. The van der Waals surface area contributed by atoms with E-state index in [0.29, 0.717) is 48.4 Å². The van der Waals surface area contributed by atoms with Gasteiger partial charge in [0.25, 0.3) is 11.8 Å². The summed E-state index contributed by atoms with van der Waals surface area (Å²) in [4.78, 5) is 65.0. The highest BCUT2D eigenvalue weighted by Gasteiger charge is 2.36. The summed E-state index contributed by atoms with van der Waals surface area (Å²) >= 11 is 0. The monoisotopic (exact) mass is 587 g/mol. The topological polar surface area (TPSA) is 143 Å². The number of rotatable bonds is 13. The summed E-state index contributed by atoms with van der Waals surface area (Å²) in [7, 11) is 0. The Labute approximate surface area is 244 Å². The van der Waals surface area contributed by atoms with E-state index in [0.717, 1.165) is 17.7 Å². The molecule has 220 valence electrons. The van der Waals surface area contributed by atoms with Crippen LogP contribution in [0.25, 0.3) is 0 Å².